The van der Waals surface area contributed by atoms with E-state index >= 15 is 0 Å². The molecule has 0 aliphatic rings. The van der Waals surface area contributed by atoms with Gasteiger partial charge >= 0.3 is 0 Å². The van der Waals surface area contributed by atoms with Gasteiger partial charge in [0.05, 0.1) is 6.54 Å². The van der Waals surface area contributed by atoms with Crippen LogP contribution < -0.4 is 5.32 Å². The Morgan fingerprint density at radius 3 is 2.60 bits per heavy atom. The van der Waals surface area contributed by atoms with Crippen LogP contribution in [-0.4, -0.2) is 18.4 Å². The first kappa shape index (κ1) is 9.63. The third-order valence-corrected chi connectivity index (χ3v) is 1.42. The molecule has 0 saturated heterocycles. The second-order valence-corrected chi connectivity index (χ2v) is 2.77. The summed E-state index contributed by atoms with van der Waals surface area (Å²) in [4.78, 5) is 10.5. The van der Waals surface area contributed by atoms with E-state index in [1.807, 2.05) is 0 Å². The molecule has 2 heteroatoms. The molecule has 0 aromatic heterocycles. The molecule has 0 aromatic carbocycles. The quantitative estimate of drug-likeness (QED) is 0.629. The van der Waals surface area contributed by atoms with E-state index in [2.05, 4.69) is 19.2 Å². The summed E-state index contributed by atoms with van der Waals surface area (Å²) in [6.45, 7) is 6.37. The first-order chi connectivity index (χ1) is 4.66. The Hall–Kier alpha value is -0.370. The molecule has 1 N–H and O–H groups in total. The summed E-state index contributed by atoms with van der Waals surface area (Å²) in [5.41, 5.74) is 0. The Balaban J connectivity index is 3.21. The largest absolute Gasteiger partial charge is 0.308 e. The van der Waals surface area contributed by atoms with Crippen LogP contribution >= 0.6 is 0 Å². The molecular formula is C8H17NO. The zero-order chi connectivity index (χ0) is 7.98. The number of Topliss-reactive ketones (excluding diaryl/α,β-unsaturated/α-hetero) is 1. The summed E-state index contributed by atoms with van der Waals surface area (Å²) in [5.74, 6) is 0.211. The van der Waals surface area contributed by atoms with E-state index in [4.69, 9.17) is 0 Å². The number of rotatable bonds is 5. The predicted octanol–water partition coefficient (Wildman–Crippen LogP) is 1.35. The van der Waals surface area contributed by atoms with E-state index in [0.717, 1.165) is 6.42 Å². The van der Waals surface area contributed by atoms with Crippen molar-refractivity contribution in [1.82, 2.24) is 5.32 Å². The van der Waals surface area contributed by atoms with Crippen molar-refractivity contribution in [3.8, 4) is 0 Å². The van der Waals surface area contributed by atoms with Gasteiger partial charge < -0.3 is 5.32 Å². The Morgan fingerprint density at radius 2 is 2.20 bits per heavy atom. The highest BCUT2D eigenvalue weighted by atomic mass is 16.1. The minimum atomic E-state index is 0.211. The normalized spacial score (nSPS) is 13.1. The summed E-state index contributed by atoms with van der Waals surface area (Å²) < 4.78 is 0. The Bertz CT molecular complexity index is 101. The lowest BCUT2D eigenvalue weighted by atomic mass is 10.2. The van der Waals surface area contributed by atoms with Crippen molar-refractivity contribution in [2.24, 2.45) is 0 Å². The van der Waals surface area contributed by atoms with Crippen molar-refractivity contribution < 1.29 is 4.79 Å². The molecule has 0 saturated carbocycles. The van der Waals surface area contributed by atoms with Crippen LogP contribution in [0.1, 0.15) is 33.6 Å². The molecule has 60 valence electrons. The van der Waals surface area contributed by atoms with Crippen LogP contribution in [0.4, 0.5) is 0 Å². The van der Waals surface area contributed by atoms with Crippen LogP contribution in [0.2, 0.25) is 0 Å². The highest BCUT2D eigenvalue weighted by Crippen LogP contribution is 1.93. The lowest BCUT2D eigenvalue weighted by Gasteiger charge is -2.09. The molecule has 0 aliphatic carbocycles. The van der Waals surface area contributed by atoms with Gasteiger partial charge in [0, 0.05) is 6.04 Å². The number of carbonyl (C=O) groups is 1. The number of hydrogen-bond donors (Lipinski definition) is 1. The van der Waals surface area contributed by atoms with Crippen LogP contribution in [0.3, 0.4) is 0 Å². The number of ketones is 1. The van der Waals surface area contributed by atoms with Gasteiger partial charge in [0.1, 0.15) is 5.78 Å². The molecule has 1 unspecified atom stereocenters. The van der Waals surface area contributed by atoms with Gasteiger partial charge in [0.25, 0.3) is 0 Å². The Kier molecular flexibility index (Phi) is 5.22. The standard InChI is InChI=1S/C8H17NO/c1-4-5-7(2)9-6-8(3)10/h7,9H,4-6H2,1-3H3. The van der Waals surface area contributed by atoms with E-state index in [1.54, 1.807) is 6.92 Å². The van der Waals surface area contributed by atoms with Crippen LogP contribution in [0, 0.1) is 0 Å². The van der Waals surface area contributed by atoms with E-state index in [-0.39, 0.29) is 5.78 Å². The maximum absolute atomic E-state index is 10.5. The summed E-state index contributed by atoms with van der Waals surface area (Å²) in [6.07, 6.45) is 2.32. The van der Waals surface area contributed by atoms with Crippen LogP contribution in [0.25, 0.3) is 0 Å². The number of carbonyl (C=O) groups excluding carboxylic acids is 1. The summed E-state index contributed by atoms with van der Waals surface area (Å²) >= 11 is 0. The van der Waals surface area contributed by atoms with Crippen molar-refractivity contribution in [1.29, 1.82) is 0 Å². The molecule has 0 spiro atoms. The van der Waals surface area contributed by atoms with Crippen LogP contribution in [0.5, 0.6) is 0 Å². The van der Waals surface area contributed by atoms with Crippen LogP contribution in [-0.2, 0) is 4.79 Å². The Labute approximate surface area is 63.0 Å². The molecule has 0 heterocycles. The molecule has 0 aliphatic heterocycles. The summed E-state index contributed by atoms with van der Waals surface area (Å²) in [7, 11) is 0. The van der Waals surface area contributed by atoms with Gasteiger partial charge in [-0.05, 0) is 20.3 Å². The molecule has 0 rings (SSSR count). The molecule has 2 nitrogen and oxygen atoms in total. The van der Waals surface area contributed by atoms with Crippen molar-refractivity contribution in [3.05, 3.63) is 0 Å². The minimum absolute atomic E-state index is 0.211. The van der Waals surface area contributed by atoms with Crippen molar-refractivity contribution in [2.75, 3.05) is 6.54 Å². The second kappa shape index (κ2) is 5.42. The first-order valence-corrected chi connectivity index (χ1v) is 3.89. The molecule has 0 radical (unpaired) electrons. The molecule has 0 fully saturated rings. The van der Waals surface area contributed by atoms with Crippen molar-refractivity contribution in [3.63, 3.8) is 0 Å². The topological polar surface area (TPSA) is 29.1 Å². The molecule has 0 bridgehead atoms. The average molecular weight is 143 g/mol. The molecule has 10 heavy (non-hydrogen) atoms. The third kappa shape index (κ3) is 5.76. The van der Waals surface area contributed by atoms with Gasteiger partial charge in [0.15, 0.2) is 0 Å². The monoisotopic (exact) mass is 143 g/mol. The van der Waals surface area contributed by atoms with E-state index < -0.39 is 0 Å². The maximum Gasteiger partial charge on any atom is 0.143 e. The van der Waals surface area contributed by atoms with E-state index in [9.17, 15) is 4.79 Å². The Morgan fingerprint density at radius 1 is 1.60 bits per heavy atom. The molecular weight excluding hydrogens is 126 g/mol. The number of hydrogen-bond acceptors (Lipinski definition) is 2. The molecule has 0 aromatic rings. The highest BCUT2D eigenvalue weighted by Gasteiger charge is 1.99. The zero-order valence-corrected chi connectivity index (χ0v) is 7.11. The first-order valence-electron chi connectivity index (χ1n) is 3.89. The fraction of sp³-hybridized carbons (Fsp3) is 0.875. The van der Waals surface area contributed by atoms with Gasteiger partial charge in [-0.25, -0.2) is 0 Å². The average Bonchev–Trinajstić information content (AvgIpc) is 1.85. The van der Waals surface area contributed by atoms with Gasteiger partial charge in [-0.2, -0.15) is 0 Å². The van der Waals surface area contributed by atoms with Crippen molar-refractivity contribution in [2.45, 2.75) is 39.7 Å². The minimum Gasteiger partial charge on any atom is -0.308 e. The van der Waals surface area contributed by atoms with E-state index in [0.29, 0.717) is 12.6 Å². The summed E-state index contributed by atoms with van der Waals surface area (Å²) in [5, 5.41) is 3.13. The SMILES string of the molecule is CCCC(C)NCC(C)=O. The third-order valence-electron chi connectivity index (χ3n) is 1.42. The second-order valence-electron chi connectivity index (χ2n) is 2.77. The van der Waals surface area contributed by atoms with Gasteiger partial charge in [-0.3, -0.25) is 4.79 Å². The van der Waals surface area contributed by atoms with Crippen molar-refractivity contribution >= 4 is 5.78 Å². The van der Waals surface area contributed by atoms with Gasteiger partial charge in [-0.1, -0.05) is 13.3 Å². The van der Waals surface area contributed by atoms with Gasteiger partial charge in [0.2, 0.25) is 0 Å². The van der Waals surface area contributed by atoms with Crippen LogP contribution in [0.15, 0.2) is 0 Å². The smallest absolute Gasteiger partial charge is 0.143 e. The van der Waals surface area contributed by atoms with Gasteiger partial charge in [-0.15, -0.1) is 0 Å². The maximum atomic E-state index is 10.5. The highest BCUT2D eigenvalue weighted by molar-refractivity contribution is 5.77. The zero-order valence-electron chi connectivity index (χ0n) is 7.11. The fourth-order valence-electron chi connectivity index (χ4n) is 0.853. The molecule has 0 amide bonds. The van der Waals surface area contributed by atoms with E-state index in [1.165, 1.54) is 6.42 Å². The number of nitrogens with one attached hydrogen (secondary N) is 1. The summed E-state index contributed by atoms with van der Waals surface area (Å²) in [6, 6.07) is 0.480. The fourth-order valence-corrected chi connectivity index (χ4v) is 0.853. The lowest BCUT2D eigenvalue weighted by molar-refractivity contribution is -0.116. The lowest BCUT2D eigenvalue weighted by Crippen LogP contribution is -2.30. The molecule has 1 atom stereocenters. The predicted molar refractivity (Wildman–Crippen MR) is 43.1 cm³/mol.